The van der Waals surface area contributed by atoms with E-state index in [1.54, 1.807) is 0 Å². The summed E-state index contributed by atoms with van der Waals surface area (Å²) >= 11 is 0. The Morgan fingerprint density at radius 3 is 1.14 bits per heavy atom. The summed E-state index contributed by atoms with van der Waals surface area (Å²) in [5.74, 6) is 0. The molecule has 11 rings (SSSR count). The van der Waals surface area contributed by atoms with Crippen LogP contribution in [0.2, 0.25) is 19.6 Å². The molecule has 0 bridgehead atoms. The number of fused-ring (bicyclic) bond motifs is 10. The van der Waals surface area contributed by atoms with Crippen LogP contribution in [0.3, 0.4) is 0 Å². The van der Waals surface area contributed by atoms with E-state index in [9.17, 15) is 0 Å². The summed E-state index contributed by atoms with van der Waals surface area (Å²) in [7, 11) is -1.51. The molecule has 9 aromatic carbocycles. The molecule has 320 valence electrons. The van der Waals surface area contributed by atoms with Crippen molar-refractivity contribution in [3.8, 4) is 0 Å². The molecule has 0 aliphatic heterocycles. The van der Waals surface area contributed by atoms with Crippen molar-refractivity contribution in [2.24, 2.45) is 0 Å². The van der Waals surface area contributed by atoms with Gasteiger partial charge in [-0.2, -0.15) is 0 Å². The molecule has 0 fully saturated rings. The van der Waals surface area contributed by atoms with Gasteiger partial charge in [-0.25, -0.2) is 0 Å². The van der Waals surface area contributed by atoms with Crippen LogP contribution < -0.4 is 15.0 Å². The minimum absolute atomic E-state index is 0.803. The van der Waals surface area contributed by atoms with E-state index in [1.807, 2.05) is 0 Å². The van der Waals surface area contributed by atoms with Gasteiger partial charge in [-0.3, -0.25) is 0 Å². The zero-order valence-electron chi connectivity index (χ0n) is 39.1. The van der Waals surface area contributed by atoms with E-state index in [2.05, 4.69) is 223 Å². The minimum Gasteiger partial charge on any atom is -0.456 e. The number of furan rings is 2. The molecule has 4 nitrogen and oxygen atoms in total. The maximum absolute atomic E-state index is 6.98. The molecule has 0 unspecified atom stereocenters. The Morgan fingerprint density at radius 1 is 0.354 bits per heavy atom. The second-order valence-corrected chi connectivity index (χ2v) is 24.5. The lowest BCUT2D eigenvalue weighted by Gasteiger charge is -2.29. The van der Waals surface area contributed by atoms with E-state index >= 15 is 0 Å². The summed E-state index contributed by atoms with van der Waals surface area (Å²) in [6.07, 6.45) is 0. The summed E-state index contributed by atoms with van der Waals surface area (Å²) in [4.78, 5) is 4.81. The van der Waals surface area contributed by atoms with Crippen LogP contribution in [0.1, 0.15) is 38.9 Å². The molecule has 5 heteroatoms. The van der Waals surface area contributed by atoms with E-state index in [-0.39, 0.29) is 0 Å². The summed E-state index contributed by atoms with van der Waals surface area (Å²) < 4.78 is 13.9. The van der Waals surface area contributed by atoms with E-state index in [0.717, 1.165) is 99.5 Å². The average Bonchev–Trinajstić information content (AvgIpc) is 3.84. The third-order valence-electron chi connectivity index (χ3n) is 14.1. The van der Waals surface area contributed by atoms with E-state index in [4.69, 9.17) is 8.83 Å². The van der Waals surface area contributed by atoms with Gasteiger partial charge in [0.2, 0.25) is 0 Å². The first-order chi connectivity index (χ1) is 31.2. The van der Waals surface area contributed by atoms with Gasteiger partial charge in [-0.1, -0.05) is 103 Å². The van der Waals surface area contributed by atoms with E-state index < -0.39 is 8.07 Å². The topological polar surface area (TPSA) is 32.8 Å². The van der Waals surface area contributed by atoms with Crippen molar-refractivity contribution in [1.82, 2.24) is 0 Å². The van der Waals surface area contributed by atoms with Crippen molar-refractivity contribution in [2.75, 3.05) is 9.80 Å². The minimum atomic E-state index is -1.51. The van der Waals surface area contributed by atoms with Gasteiger partial charge in [0.05, 0.1) is 19.4 Å². The lowest BCUT2D eigenvalue weighted by atomic mass is 9.97. The molecule has 0 saturated carbocycles. The van der Waals surface area contributed by atoms with Crippen LogP contribution in [-0.4, -0.2) is 8.07 Å². The second-order valence-electron chi connectivity index (χ2n) is 19.4. The Kier molecular flexibility index (Phi) is 9.39. The first kappa shape index (κ1) is 40.7. The lowest BCUT2D eigenvalue weighted by Crippen LogP contribution is -2.37. The summed E-state index contributed by atoms with van der Waals surface area (Å²) in [6, 6.07) is 53.9. The van der Waals surface area contributed by atoms with Crippen molar-refractivity contribution < 1.29 is 8.83 Å². The number of aryl methyl sites for hydroxylation is 5. The fourth-order valence-corrected chi connectivity index (χ4v) is 11.2. The van der Waals surface area contributed by atoms with Gasteiger partial charge < -0.3 is 18.6 Å². The van der Waals surface area contributed by atoms with Gasteiger partial charge in [0.15, 0.2) is 0 Å². The third-order valence-corrected chi connectivity index (χ3v) is 16.2. The number of hydrogen-bond acceptors (Lipinski definition) is 4. The number of hydrogen-bond donors (Lipinski definition) is 0. The normalized spacial score (nSPS) is 12.2. The molecular formula is C60H54N2O2Si. The van der Waals surface area contributed by atoms with E-state index in [0.29, 0.717) is 0 Å². The number of nitrogens with zero attached hydrogens (tertiary/aromatic N) is 2. The third kappa shape index (κ3) is 6.63. The van der Waals surface area contributed by atoms with Crippen LogP contribution >= 0.6 is 0 Å². The van der Waals surface area contributed by atoms with Gasteiger partial charge in [0.1, 0.15) is 22.3 Å². The highest BCUT2D eigenvalue weighted by Crippen LogP contribution is 2.49. The Bertz CT molecular complexity index is 3670. The summed E-state index contributed by atoms with van der Waals surface area (Å²) in [5.41, 5.74) is 18.9. The molecule has 65 heavy (non-hydrogen) atoms. The highest BCUT2D eigenvalue weighted by molar-refractivity contribution is 6.88. The second kappa shape index (κ2) is 15.0. The van der Waals surface area contributed by atoms with Gasteiger partial charge in [-0.15, -0.1) is 0 Å². The highest BCUT2D eigenvalue weighted by Gasteiger charge is 2.25. The molecule has 11 aromatic rings. The molecule has 0 aliphatic carbocycles. The van der Waals surface area contributed by atoms with Gasteiger partial charge in [0, 0.05) is 73.3 Å². The summed E-state index contributed by atoms with van der Waals surface area (Å²) in [6.45, 7) is 22.6. The first-order valence-electron chi connectivity index (χ1n) is 22.8. The van der Waals surface area contributed by atoms with Crippen molar-refractivity contribution in [1.29, 1.82) is 0 Å². The lowest BCUT2D eigenvalue weighted by molar-refractivity contribution is 0.656. The smallest absolute Gasteiger partial charge is 0.139 e. The number of anilines is 6. The van der Waals surface area contributed by atoms with Crippen molar-refractivity contribution >= 4 is 113 Å². The molecule has 0 aliphatic rings. The largest absolute Gasteiger partial charge is 0.456 e. The van der Waals surface area contributed by atoms with Crippen molar-refractivity contribution in [3.63, 3.8) is 0 Å². The maximum Gasteiger partial charge on any atom is 0.139 e. The Hall–Kier alpha value is -7.08. The molecule has 0 amide bonds. The van der Waals surface area contributed by atoms with Crippen LogP contribution in [0.5, 0.6) is 0 Å². The molecule has 0 radical (unpaired) electrons. The first-order valence-corrected chi connectivity index (χ1v) is 26.3. The van der Waals surface area contributed by atoms with Crippen molar-refractivity contribution in [3.05, 3.63) is 185 Å². The predicted octanol–water partition coefficient (Wildman–Crippen LogP) is 17.4. The standard InChI is InChI=1S/C60H54N2O2Si/c1-35-19-21-42(22-20-35)61(44-27-36(2)40(6)37(3)28-44)53-32-57-59(49-17-13-11-15-47(49)53)51-31-52-56(34-55(51)63-57)64-58-33-54(48-16-12-14-18-50(48)60(52)58)62(45-29-38(4)41(7)39(5)30-45)43-23-25-46(26-24-43)65(8,9)10/h11-34H,1-10H3. The zero-order valence-corrected chi connectivity index (χ0v) is 40.1. The van der Waals surface area contributed by atoms with E-state index in [1.165, 1.54) is 44.1 Å². The molecule has 0 spiro atoms. The number of benzene rings is 9. The zero-order chi connectivity index (χ0) is 45.1. The Morgan fingerprint density at radius 2 is 0.738 bits per heavy atom. The molecule has 0 atom stereocenters. The van der Waals surface area contributed by atoms with Crippen LogP contribution in [0.25, 0.3) is 65.4 Å². The average molecular weight is 863 g/mol. The highest BCUT2D eigenvalue weighted by atomic mass is 28.3. The summed E-state index contributed by atoms with van der Waals surface area (Å²) in [5, 5.41) is 10.4. The predicted molar refractivity (Wildman–Crippen MR) is 282 cm³/mol. The fourth-order valence-electron chi connectivity index (χ4n) is 10.0. The quantitative estimate of drug-likeness (QED) is 0.149. The van der Waals surface area contributed by atoms with Gasteiger partial charge >= 0.3 is 0 Å². The molecule has 0 N–H and O–H groups in total. The van der Waals surface area contributed by atoms with Crippen molar-refractivity contribution in [2.45, 2.75) is 68.1 Å². The van der Waals surface area contributed by atoms with Gasteiger partial charge in [-0.05, 0) is 147 Å². The van der Waals surface area contributed by atoms with Crippen LogP contribution in [-0.2, 0) is 0 Å². The monoisotopic (exact) mass is 862 g/mol. The number of rotatable bonds is 7. The molecular weight excluding hydrogens is 809 g/mol. The van der Waals surface area contributed by atoms with Crippen LogP contribution in [0.4, 0.5) is 34.1 Å². The van der Waals surface area contributed by atoms with Crippen LogP contribution in [0.15, 0.2) is 154 Å². The Labute approximate surface area is 382 Å². The molecule has 2 heterocycles. The maximum atomic E-state index is 6.98. The van der Waals surface area contributed by atoms with Crippen LogP contribution in [0, 0.1) is 48.5 Å². The molecule has 0 saturated heterocycles. The Balaban J connectivity index is 1.15. The fraction of sp³-hybridized carbons (Fsp3) is 0.167. The van der Waals surface area contributed by atoms with Gasteiger partial charge in [0.25, 0.3) is 0 Å². The molecule has 2 aromatic heterocycles. The SMILES string of the molecule is Cc1ccc(N(c2cc(C)c(C)c(C)c2)c2cc3oc4cc5oc6cc(N(c7ccc([Si](C)(C)C)cc7)c7cc(C)c(C)c(C)c7)c7ccccc7c6c5cc4c3c3ccccc23)cc1.